The summed E-state index contributed by atoms with van der Waals surface area (Å²) in [6.45, 7) is 2.71. The van der Waals surface area contributed by atoms with Crippen molar-refractivity contribution < 1.29 is 17.9 Å². The molecule has 1 aromatic heterocycles. The fourth-order valence-corrected chi connectivity index (χ4v) is 5.09. The molecule has 8 heteroatoms. The van der Waals surface area contributed by atoms with Gasteiger partial charge in [0.1, 0.15) is 11.5 Å². The molecule has 0 fully saturated rings. The zero-order valence-electron chi connectivity index (χ0n) is 17.7. The van der Waals surface area contributed by atoms with E-state index in [2.05, 4.69) is 4.99 Å². The monoisotopic (exact) mass is 466 g/mol. The van der Waals surface area contributed by atoms with Crippen LogP contribution < -0.4 is 9.54 Å². The highest BCUT2D eigenvalue weighted by Gasteiger charge is 2.13. The van der Waals surface area contributed by atoms with E-state index in [0.29, 0.717) is 28.4 Å². The fourth-order valence-electron chi connectivity index (χ4n) is 3.28. The van der Waals surface area contributed by atoms with Crippen LogP contribution in [0.1, 0.15) is 23.7 Å². The summed E-state index contributed by atoms with van der Waals surface area (Å²) in [5.41, 5.74) is 1.27. The molecule has 0 saturated heterocycles. The zero-order valence-corrected chi connectivity index (χ0v) is 19.3. The number of ether oxygens (including phenoxy) is 1. The lowest BCUT2D eigenvalue weighted by Crippen LogP contribution is -2.16. The van der Waals surface area contributed by atoms with Crippen molar-refractivity contribution in [3.05, 3.63) is 83.2 Å². The number of sulfone groups is 1. The van der Waals surface area contributed by atoms with Gasteiger partial charge in [0.25, 0.3) is 5.91 Å². The van der Waals surface area contributed by atoms with Gasteiger partial charge < -0.3 is 9.30 Å². The van der Waals surface area contributed by atoms with Crippen molar-refractivity contribution in [2.45, 2.75) is 24.8 Å². The lowest BCUT2D eigenvalue weighted by atomic mass is 10.2. The van der Waals surface area contributed by atoms with Gasteiger partial charge >= 0.3 is 0 Å². The molecule has 32 heavy (non-hydrogen) atoms. The predicted octanol–water partition coefficient (Wildman–Crippen LogP) is 5.05. The summed E-state index contributed by atoms with van der Waals surface area (Å²) in [6.07, 6.45) is 2.03. The maximum absolute atomic E-state index is 13.0. The van der Waals surface area contributed by atoms with Crippen molar-refractivity contribution in [2.75, 3.05) is 6.26 Å². The van der Waals surface area contributed by atoms with Crippen LogP contribution in [0.2, 0.25) is 0 Å². The number of aromatic nitrogens is 1. The van der Waals surface area contributed by atoms with Gasteiger partial charge in [-0.2, -0.15) is 4.99 Å². The van der Waals surface area contributed by atoms with E-state index in [1.165, 1.54) is 17.6 Å². The molecule has 0 unspecified atom stereocenters. The molecule has 0 saturated carbocycles. The van der Waals surface area contributed by atoms with Crippen molar-refractivity contribution in [1.82, 2.24) is 4.57 Å². The van der Waals surface area contributed by atoms with Crippen molar-refractivity contribution in [1.29, 1.82) is 0 Å². The van der Waals surface area contributed by atoms with E-state index in [1.807, 2.05) is 41.8 Å². The largest absolute Gasteiger partial charge is 0.457 e. The first-order valence-corrected chi connectivity index (χ1v) is 12.8. The van der Waals surface area contributed by atoms with Gasteiger partial charge in [-0.25, -0.2) is 8.42 Å². The number of benzene rings is 3. The Hall–Kier alpha value is -3.23. The molecule has 0 aliphatic carbocycles. The number of para-hydroxylation sites is 1. The average molecular weight is 467 g/mol. The first-order chi connectivity index (χ1) is 15.3. The van der Waals surface area contributed by atoms with Crippen LogP contribution in [0, 0.1) is 0 Å². The van der Waals surface area contributed by atoms with Crippen molar-refractivity contribution in [3.8, 4) is 11.5 Å². The van der Waals surface area contributed by atoms with Gasteiger partial charge in [0.15, 0.2) is 14.6 Å². The number of thiazole rings is 1. The zero-order chi connectivity index (χ0) is 22.7. The molecule has 4 rings (SSSR count). The molecule has 1 heterocycles. The first-order valence-electron chi connectivity index (χ1n) is 10.1. The summed E-state index contributed by atoms with van der Waals surface area (Å²) in [6, 6.07) is 21.2. The molecule has 0 aliphatic heterocycles. The van der Waals surface area contributed by atoms with E-state index < -0.39 is 9.84 Å². The summed E-state index contributed by atoms with van der Waals surface area (Å²) >= 11 is 1.30. The number of fused-ring (bicyclic) bond motifs is 1. The van der Waals surface area contributed by atoms with E-state index in [0.717, 1.165) is 16.6 Å². The van der Waals surface area contributed by atoms with E-state index >= 15 is 0 Å². The van der Waals surface area contributed by atoms with Gasteiger partial charge in [-0.1, -0.05) is 42.5 Å². The number of carbonyl (C=O) groups excluding carboxylic acids is 1. The molecule has 6 nitrogen and oxygen atoms in total. The van der Waals surface area contributed by atoms with Gasteiger partial charge in [0.2, 0.25) is 0 Å². The van der Waals surface area contributed by atoms with E-state index in [-0.39, 0.29) is 10.8 Å². The highest BCUT2D eigenvalue weighted by molar-refractivity contribution is 7.90. The summed E-state index contributed by atoms with van der Waals surface area (Å²) < 4.78 is 32.4. The minimum Gasteiger partial charge on any atom is -0.457 e. The molecule has 3 aromatic carbocycles. The van der Waals surface area contributed by atoms with E-state index in [1.54, 1.807) is 42.5 Å². The number of carbonyl (C=O) groups is 1. The fraction of sp³-hybridized carbons (Fsp3) is 0.167. The maximum atomic E-state index is 13.0. The number of aryl methyl sites for hydroxylation is 1. The quantitative estimate of drug-likeness (QED) is 0.398. The number of amides is 1. The Balaban J connectivity index is 1.72. The predicted molar refractivity (Wildman–Crippen MR) is 126 cm³/mol. The molecule has 164 valence electrons. The third kappa shape index (κ3) is 4.81. The normalized spacial score (nSPS) is 12.2. The molecular formula is C24H22N2O4S2. The molecule has 0 N–H and O–H groups in total. The number of hydrogen-bond acceptors (Lipinski definition) is 5. The highest BCUT2D eigenvalue weighted by atomic mass is 32.2. The molecule has 1 amide bonds. The van der Waals surface area contributed by atoms with E-state index in [4.69, 9.17) is 4.74 Å². The molecule has 0 radical (unpaired) electrons. The van der Waals surface area contributed by atoms with Crippen molar-refractivity contribution >= 4 is 37.3 Å². The third-order valence-corrected chi connectivity index (χ3v) is 6.94. The Labute approximate surface area is 190 Å². The summed E-state index contributed by atoms with van der Waals surface area (Å²) in [7, 11) is -3.32. The standard InChI is InChI=1S/C24H22N2O4S2/c1-3-14-26-21-13-12-20(32(2,28)29)16-22(21)31-24(26)25-23(27)17-8-7-11-19(15-17)30-18-9-5-4-6-10-18/h4-13,15-16H,3,14H2,1-2H3. The highest BCUT2D eigenvalue weighted by Crippen LogP contribution is 2.24. The summed E-state index contributed by atoms with van der Waals surface area (Å²) in [5, 5.41) is 0. The smallest absolute Gasteiger partial charge is 0.279 e. The topological polar surface area (TPSA) is 77.7 Å². The lowest BCUT2D eigenvalue weighted by Gasteiger charge is -2.06. The van der Waals surface area contributed by atoms with Crippen molar-refractivity contribution in [2.24, 2.45) is 4.99 Å². The maximum Gasteiger partial charge on any atom is 0.279 e. The van der Waals surface area contributed by atoms with Crippen LogP contribution in [0.4, 0.5) is 0 Å². The second-order valence-corrected chi connectivity index (χ2v) is 10.3. The second kappa shape index (κ2) is 9.10. The summed E-state index contributed by atoms with van der Waals surface area (Å²) in [4.78, 5) is 18.1. The molecule has 0 atom stereocenters. The third-order valence-electron chi connectivity index (χ3n) is 4.79. The van der Waals surface area contributed by atoms with Gasteiger partial charge in [-0.15, -0.1) is 0 Å². The molecule has 0 aliphatic rings. The van der Waals surface area contributed by atoms with Crippen LogP contribution in [-0.4, -0.2) is 25.1 Å². The Morgan fingerprint density at radius 3 is 2.47 bits per heavy atom. The molecule has 0 spiro atoms. The van der Waals surface area contributed by atoms with Crippen LogP contribution in [0.25, 0.3) is 10.2 Å². The number of rotatable bonds is 6. The van der Waals surface area contributed by atoms with Gasteiger partial charge in [-0.05, 0) is 55.0 Å². The number of hydrogen-bond donors (Lipinski definition) is 0. The van der Waals surface area contributed by atoms with Crippen LogP contribution in [0.5, 0.6) is 11.5 Å². The average Bonchev–Trinajstić information content (AvgIpc) is 3.10. The Morgan fingerprint density at radius 1 is 1.00 bits per heavy atom. The van der Waals surface area contributed by atoms with Gasteiger partial charge in [0.05, 0.1) is 15.1 Å². The van der Waals surface area contributed by atoms with Crippen LogP contribution in [-0.2, 0) is 16.4 Å². The lowest BCUT2D eigenvalue weighted by molar-refractivity contribution is 0.0997. The van der Waals surface area contributed by atoms with Gasteiger partial charge in [-0.3, -0.25) is 4.79 Å². The minimum atomic E-state index is -3.32. The minimum absolute atomic E-state index is 0.249. The molecule has 4 aromatic rings. The first kappa shape index (κ1) is 22.0. The Bertz CT molecular complexity index is 1450. The molecule has 0 bridgehead atoms. The Morgan fingerprint density at radius 2 is 1.75 bits per heavy atom. The van der Waals surface area contributed by atoms with Gasteiger partial charge in [0, 0.05) is 18.4 Å². The summed E-state index contributed by atoms with van der Waals surface area (Å²) in [5.74, 6) is 0.845. The second-order valence-electron chi connectivity index (χ2n) is 7.30. The van der Waals surface area contributed by atoms with Crippen molar-refractivity contribution in [3.63, 3.8) is 0 Å². The van der Waals surface area contributed by atoms with E-state index in [9.17, 15) is 13.2 Å². The number of nitrogens with zero attached hydrogens (tertiary/aromatic N) is 2. The Kier molecular flexibility index (Phi) is 6.25. The van der Waals surface area contributed by atoms with Crippen LogP contribution in [0.3, 0.4) is 0 Å². The van der Waals surface area contributed by atoms with Crippen LogP contribution >= 0.6 is 11.3 Å². The SMILES string of the molecule is CCCn1c(=NC(=O)c2cccc(Oc3ccccc3)c2)sc2cc(S(C)(=O)=O)ccc21. The van der Waals surface area contributed by atoms with Crippen LogP contribution in [0.15, 0.2) is 82.7 Å². The molecular weight excluding hydrogens is 444 g/mol.